The summed E-state index contributed by atoms with van der Waals surface area (Å²) in [5.41, 5.74) is 11.1. The summed E-state index contributed by atoms with van der Waals surface area (Å²) in [6.07, 6.45) is 4.19. The SMILES string of the molecule is Cl.NC(=O)C1Cc2ccccc2C(C2CCCc3ccccc32)N1. The number of hydrogen-bond acceptors (Lipinski definition) is 2. The van der Waals surface area contributed by atoms with Crippen molar-refractivity contribution in [3.63, 3.8) is 0 Å². The van der Waals surface area contributed by atoms with Crippen LogP contribution in [0.3, 0.4) is 0 Å². The van der Waals surface area contributed by atoms with Gasteiger partial charge in [-0.05, 0) is 47.9 Å². The highest BCUT2D eigenvalue weighted by atomic mass is 35.5. The second-order valence-electron chi connectivity index (χ2n) is 6.70. The van der Waals surface area contributed by atoms with Gasteiger partial charge in [-0.3, -0.25) is 10.1 Å². The van der Waals surface area contributed by atoms with Crippen LogP contribution in [-0.4, -0.2) is 11.9 Å². The molecule has 1 aliphatic heterocycles. The Morgan fingerprint density at radius 2 is 1.67 bits per heavy atom. The molecule has 2 aromatic carbocycles. The van der Waals surface area contributed by atoms with Gasteiger partial charge in [-0.25, -0.2) is 0 Å². The third-order valence-electron chi connectivity index (χ3n) is 5.36. The van der Waals surface area contributed by atoms with Crippen LogP contribution >= 0.6 is 12.4 Å². The van der Waals surface area contributed by atoms with Crippen LogP contribution in [0.4, 0.5) is 0 Å². The summed E-state index contributed by atoms with van der Waals surface area (Å²) in [5, 5.41) is 3.55. The summed E-state index contributed by atoms with van der Waals surface area (Å²) in [4.78, 5) is 11.8. The van der Waals surface area contributed by atoms with Gasteiger partial charge < -0.3 is 5.73 Å². The van der Waals surface area contributed by atoms with Crippen molar-refractivity contribution in [1.82, 2.24) is 5.32 Å². The third-order valence-corrected chi connectivity index (χ3v) is 5.36. The standard InChI is InChI=1S/C20H22N2O.ClH/c21-20(23)18-12-14-7-2-4-10-16(14)19(22-18)17-11-5-8-13-6-1-3-9-15(13)17;/h1-4,6-7,9-10,17-19,22H,5,8,11-12H2,(H2,21,23);1H. The number of nitrogens with two attached hydrogens (primary N) is 1. The number of halogens is 1. The molecule has 1 amide bonds. The van der Waals surface area contributed by atoms with E-state index in [0.717, 1.165) is 12.8 Å². The lowest BCUT2D eigenvalue weighted by atomic mass is 9.74. The number of amides is 1. The van der Waals surface area contributed by atoms with Crippen molar-refractivity contribution in [2.24, 2.45) is 5.73 Å². The molecule has 0 saturated carbocycles. The molecule has 3 atom stereocenters. The van der Waals surface area contributed by atoms with E-state index < -0.39 is 0 Å². The van der Waals surface area contributed by atoms with Crippen LogP contribution in [0.15, 0.2) is 48.5 Å². The van der Waals surface area contributed by atoms with Crippen molar-refractivity contribution >= 4 is 18.3 Å². The largest absolute Gasteiger partial charge is 0.368 e. The van der Waals surface area contributed by atoms with Crippen molar-refractivity contribution in [1.29, 1.82) is 0 Å². The Bertz CT molecular complexity index is 746. The minimum absolute atomic E-state index is 0. The maximum atomic E-state index is 11.8. The summed E-state index contributed by atoms with van der Waals surface area (Å²) in [5.74, 6) is 0.150. The van der Waals surface area contributed by atoms with Gasteiger partial charge in [0.05, 0.1) is 6.04 Å². The zero-order valence-corrected chi connectivity index (χ0v) is 14.4. The first-order chi connectivity index (χ1) is 11.2. The zero-order valence-electron chi connectivity index (χ0n) is 13.6. The zero-order chi connectivity index (χ0) is 15.8. The Labute approximate surface area is 149 Å². The molecule has 1 aliphatic carbocycles. The maximum absolute atomic E-state index is 11.8. The molecule has 0 radical (unpaired) electrons. The van der Waals surface area contributed by atoms with Gasteiger partial charge in [0.2, 0.25) is 5.91 Å². The van der Waals surface area contributed by atoms with Gasteiger partial charge in [-0.2, -0.15) is 0 Å². The van der Waals surface area contributed by atoms with Crippen LogP contribution in [0.25, 0.3) is 0 Å². The molecule has 2 aromatic rings. The van der Waals surface area contributed by atoms with Gasteiger partial charge in [0, 0.05) is 12.0 Å². The lowest BCUT2D eigenvalue weighted by Crippen LogP contribution is -2.49. The highest BCUT2D eigenvalue weighted by Gasteiger charge is 2.36. The second kappa shape index (κ2) is 6.96. The van der Waals surface area contributed by atoms with E-state index in [-0.39, 0.29) is 30.4 Å². The number of carbonyl (C=O) groups excluding carboxylic acids is 1. The minimum Gasteiger partial charge on any atom is -0.368 e. The van der Waals surface area contributed by atoms with Crippen LogP contribution in [0.5, 0.6) is 0 Å². The number of rotatable bonds is 2. The van der Waals surface area contributed by atoms with E-state index in [2.05, 4.69) is 47.8 Å². The fourth-order valence-electron chi connectivity index (χ4n) is 4.26. The molecule has 0 fully saturated rings. The Morgan fingerprint density at radius 3 is 2.42 bits per heavy atom. The second-order valence-corrected chi connectivity index (χ2v) is 6.70. The molecule has 0 aromatic heterocycles. The number of fused-ring (bicyclic) bond motifs is 2. The smallest absolute Gasteiger partial charge is 0.234 e. The Kier molecular flexibility index (Phi) is 4.93. The number of carbonyl (C=O) groups is 1. The fourth-order valence-corrected chi connectivity index (χ4v) is 4.26. The molecule has 126 valence electrons. The highest BCUT2D eigenvalue weighted by Crippen LogP contribution is 2.43. The first-order valence-electron chi connectivity index (χ1n) is 8.45. The fraction of sp³-hybridized carbons (Fsp3) is 0.350. The van der Waals surface area contributed by atoms with E-state index in [4.69, 9.17) is 5.73 Å². The van der Waals surface area contributed by atoms with Gasteiger partial charge in [0.25, 0.3) is 0 Å². The number of nitrogens with one attached hydrogen (secondary N) is 1. The van der Waals surface area contributed by atoms with Crippen LogP contribution < -0.4 is 11.1 Å². The van der Waals surface area contributed by atoms with Crippen molar-refractivity contribution in [2.45, 2.75) is 43.7 Å². The number of benzene rings is 2. The van der Waals surface area contributed by atoms with E-state index >= 15 is 0 Å². The van der Waals surface area contributed by atoms with Crippen molar-refractivity contribution in [3.05, 3.63) is 70.8 Å². The average molecular weight is 343 g/mol. The van der Waals surface area contributed by atoms with Crippen LogP contribution in [0.2, 0.25) is 0 Å². The van der Waals surface area contributed by atoms with Gasteiger partial charge in [-0.15, -0.1) is 12.4 Å². The predicted octanol–water partition coefficient (Wildman–Crippen LogP) is 3.27. The highest BCUT2D eigenvalue weighted by molar-refractivity contribution is 5.85. The van der Waals surface area contributed by atoms with E-state index in [1.807, 2.05) is 6.07 Å². The van der Waals surface area contributed by atoms with Crippen molar-refractivity contribution in [2.75, 3.05) is 0 Å². The molecule has 3 nitrogen and oxygen atoms in total. The summed E-state index contributed by atoms with van der Waals surface area (Å²) < 4.78 is 0. The average Bonchev–Trinajstić information content (AvgIpc) is 2.60. The molecular formula is C20H23ClN2O. The van der Waals surface area contributed by atoms with Crippen LogP contribution in [-0.2, 0) is 17.6 Å². The number of primary amides is 1. The molecular weight excluding hydrogens is 320 g/mol. The molecule has 4 rings (SSSR count). The lowest BCUT2D eigenvalue weighted by molar-refractivity contribution is -0.120. The van der Waals surface area contributed by atoms with E-state index in [0.29, 0.717) is 12.3 Å². The molecule has 24 heavy (non-hydrogen) atoms. The van der Waals surface area contributed by atoms with Crippen molar-refractivity contribution in [3.8, 4) is 0 Å². The monoisotopic (exact) mass is 342 g/mol. The van der Waals surface area contributed by atoms with Gasteiger partial charge in [0.1, 0.15) is 0 Å². The summed E-state index contributed by atoms with van der Waals surface area (Å²) in [7, 11) is 0. The predicted molar refractivity (Wildman–Crippen MR) is 98.4 cm³/mol. The Hall–Kier alpha value is -1.84. The Balaban J connectivity index is 0.00000169. The normalized spacial score (nSPS) is 25.1. The maximum Gasteiger partial charge on any atom is 0.234 e. The molecule has 0 bridgehead atoms. The minimum atomic E-state index is -0.274. The van der Waals surface area contributed by atoms with E-state index in [9.17, 15) is 4.79 Å². The van der Waals surface area contributed by atoms with Gasteiger partial charge >= 0.3 is 0 Å². The molecule has 4 heteroatoms. The van der Waals surface area contributed by atoms with Crippen LogP contribution in [0.1, 0.15) is 47.1 Å². The van der Waals surface area contributed by atoms with E-state index in [1.165, 1.54) is 28.7 Å². The number of aryl methyl sites for hydroxylation is 1. The van der Waals surface area contributed by atoms with Crippen molar-refractivity contribution < 1.29 is 4.79 Å². The van der Waals surface area contributed by atoms with Crippen LogP contribution in [0, 0.1) is 0 Å². The molecule has 0 saturated heterocycles. The topological polar surface area (TPSA) is 55.1 Å². The summed E-state index contributed by atoms with van der Waals surface area (Å²) in [6, 6.07) is 17.1. The third kappa shape index (κ3) is 2.94. The summed E-state index contributed by atoms with van der Waals surface area (Å²) in [6.45, 7) is 0. The quantitative estimate of drug-likeness (QED) is 0.880. The molecule has 2 aliphatic rings. The lowest BCUT2D eigenvalue weighted by Gasteiger charge is -2.39. The molecule has 3 N–H and O–H groups in total. The number of hydrogen-bond donors (Lipinski definition) is 2. The molecule has 3 unspecified atom stereocenters. The first-order valence-corrected chi connectivity index (χ1v) is 8.45. The molecule has 1 heterocycles. The van der Waals surface area contributed by atoms with Gasteiger partial charge in [0.15, 0.2) is 0 Å². The molecule has 0 spiro atoms. The van der Waals surface area contributed by atoms with Gasteiger partial charge in [-0.1, -0.05) is 48.5 Å². The Morgan fingerprint density at radius 1 is 1.00 bits per heavy atom. The summed E-state index contributed by atoms with van der Waals surface area (Å²) >= 11 is 0. The van der Waals surface area contributed by atoms with E-state index in [1.54, 1.807) is 0 Å². The first kappa shape index (κ1) is 17.0.